The molecule has 1 atom stereocenters. The molecule has 1 fully saturated rings. The van der Waals surface area contributed by atoms with Gasteiger partial charge in [-0.25, -0.2) is 0 Å². The quantitative estimate of drug-likeness (QED) is 0.419. The molecule has 1 unspecified atom stereocenters. The maximum atomic E-state index is 11.9. The first-order chi connectivity index (χ1) is 12.0. The molecule has 25 heavy (non-hydrogen) atoms. The van der Waals surface area contributed by atoms with Crippen molar-refractivity contribution in [1.29, 1.82) is 0 Å². The lowest BCUT2D eigenvalue weighted by molar-refractivity contribution is -0.385. The summed E-state index contributed by atoms with van der Waals surface area (Å²) in [5, 5.41) is 13.9. The number of nitro benzene ring substituents is 1. The van der Waals surface area contributed by atoms with E-state index in [1.165, 1.54) is 31.0 Å². The summed E-state index contributed by atoms with van der Waals surface area (Å²) >= 11 is 0. The number of nitrogens with one attached hydrogen (secondary N) is 1. The molecule has 0 aromatic heterocycles. The highest BCUT2D eigenvalue weighted by atomic mass is 16.6. The zero-order valence-electron chi connectivity index (χ0n) is 14.4. The predicted molar refractivity (Wildman–Crippen MR) is 92.8 cm³/mol. The molecule has 136 valence electrons. The van der Waals surface area contributed by atoms with Crippen LogP contribution < -0.4 is 10.1 Å². The molecule has 0 bridgehead atoms. The lowest BCUT2D eigenvalue weighted by Crippen LogP contribution is -2.32. The van der Waals surface area contributed by atoms with Gasteiger partial charge in [-0.15, -0.1) is 0 Å². The van der Waals surface area contributed by atoms with Crippen LogP contribution in [-0.2, 0) is 4.79 Å². The molecule has 1 aromatic carbocycles. The molecule has 1 aromatic rings. The Kier molecular flexibility index (Phi) is 6.91. The van der Waals surface area contributed by atoms with E-state index >= 15 is 0 Å². The third-order valence-corrected chi connectivity index (χ3v) is 4.39. The first-order valence-corrected chi connectivity index (χ1v) is 8.69. The Morgan fingerprint density at radius 3 is 2.80 bits per heavy atom. The van der Waals surface area contributed by atoms with Crippen molar-refractivity contribution in [1.82, 2.24) is 5.32 Å². The third kappa shape index (κ3) is 5.85. The van der Waals surface area contributed by atoms with Gasteiger partial charge in [0.05, 0.1) is 16.6 Å². The molecule has 0 spiro atoms. The van der Waals surface area contributed by atoms with Gasteiger partial charge in [0.15, 0.2) is 6.29 Å². The van der Waals surface area contributed by atoms with E-state index in [4.69, 9.17) is 4.74 Å². The zero-order valence-corrected chi connectivity index (χ0v) is 14.4. The fraction of sp³-hybridized carbons (Fsp3) is 0.556. The van der Waals surface area contributed by atoms with Crippen molar-refractivity contribution < 1.29 is 19.2 Å². The van der Waals surface area contributed by atoms with Crippen LogP contribution in [0.3, 0.4) is 0 Å². The second-order valence-corrected chi connectivity index (χ2v) is 6.47. The number of hydrogen-bond acceptors (Lipinski definition) is 5. The van der Waals surface area contributed by atoms with E-state index in [2.05, 4.69) is 5.32 Å². The standard InChI is InChI=1S/C18H24N2O5/c1-13(5-4-8-18(22)19-15-6-2-3-7-15)25-16-9-10-17(20(23)24)14(11-16)12-21/h9-13,15H,2-8H2,1H3,(H,19,22). The number of rotatable bonds is 9. The molecule has 1 amide bonds. The maximum Gasteiger partial charge on any atom is 0.280 e. The molecule has 7 heteroatoms. The van der Waals surface area contributed by atoms with Crippen LogP contribution in [-0.4, -0.2) is 29.3 Å². The minimum Gasteiger partial charge on any atom is -0.491 e. The summed E-state index contributed by atoms with van der Waals surface area (Å²) in [6.07, 6.45) is 6.67. The van der Waals surface area contributed by atoms with Gasteiger partial charge in [-0.1, -0.05) is 12.8 Å². The van der Waals surface area contributed by atoms with Crippen LogP contribution in [0.15, 0.2) is 18.2 Å². The van der Waals surface area contributed by atoms with Gasteiger partial charge in [-0.3, -0.25) is 19.7 Å². The highest BCUT2D eigenvalue weighted by Crippen LogP contribution is 2.24. The first kappa shape index (κ1) is 18.9. The number of ether oxygens (including phenoxy) is 1. The van der Waals surface area contributed by atoms with E-state index in [0.29, 0.717) is 37.3 Å². The van der Waals surface area contributed by atoms with E-state index < -0.39 is 4.92 Å². The van der Waals surface area contributed by atoms with Crippen molar-refractivity contribution in [3.05, 3.63) is 33.9 Å². The van der Waals surface area contributed by atoms with Crippen LogP contribution in [0.2, 0.25) is 0 Å². The minimum absolute atomic E-state index is 0.00867. The molecule has 1 aliphatic rings. The molecule has 1 aliphatic carbocycles. The monoisotopic (exact) mass is 348 g/mol. The number of aldehydes is 1. The van der Waals surface area contributed by atoms with Crippen molar-refractivity contribution in [3.63, 3.8) is 0 Å². The molecular formula is C18H24N2O5. The summed E-state index contributed by atoms with van der Waals surface area (Å²) in [6.45, 7) is 1.87. The molecule has 0 heterocycles. The molecular weight excluding hydrogens is 324 g/mol. The highest BCUT2D eigenvalue weighted by Gasteiger charge is 2.17. The fourth-order valence-electron chi connectivity index (χ4n) is 3.08. The second kappa shape index (κ2) is 9.15. The maximum absolute atomic E-state index is 11.9. The minimum atomic E-state index is -0.597. The fourth-order valence-corrected chi connectivity index (χ4v) is 3.08. The molecule has 7 nitrogen and oxygen atoms in total. The Morgan fingerprint density at radius 1 is 1.44 bits per heavy atom. The summed E-state index contributed by atoms with van der Waals surface area (Å²) in [7, 11) is 0. The van der Waals surface area contributed by atoms with Crippen LogP contribution in [0.25, 0.3) is 0 Å². The van der Waals surface area contributed by atoms with Gasteiger partial charge in [0.1, 0.15) is 5.75 Å². The van der Waals surface area contributed by atoms with Gasteiger partial charge in [-0.05, 0) is 44.7 Å². The average molecular weight is 348 g/mol. The normalized spacial score (nSPS) is 15.6. The van der Waals surface area contributed by atoms with Crippen molar-refractivity contribution in [3.8, 4) is 5.75 Å². The second-order valence-electron chi connectivity index (χ2n) is 6.47. The third-order valence-electron chi connectivity index (χ3n) is 4.39. The van der Waals surface area contributed by atoms with E-state index in [-0.39, 0.29) is 23.3 Å². The molecule has 0 aliphatic heterocycles. The Bertz CT molecular complexity index is 626. The lowest BCUT2D eigenvalue weighted by atomic mass is 10.1. The van der Waals surface area contributed by atoms with Gasteiger partial charge in [0, 0.05) is 18.5 Å². The smallest absolute Gasteiger partial charge is 0.280 e. The van der Waals surface area contributed by atoms with E-state index in [1.807, 2.05) is 6.92 Å². The van der Waals surface area contributed by atoms with Crippen molar-refractivity contribution in [2.75, 3.05) is 0 Å². The molecule has 0 saturated heterocycles. The van der Waals surface area contributed by atoms with E-state index in [1.54, 1.807) is 0 Å². The van der Waals surface area contributed by atoms with Crippen molar-refractivity contribution in [2.24, 2.45) is 0 Å². The van der Waals surface area contributed by atoms with Crippen LogP contribution >= 0.6 is 0 Å². The summed E-state index contributed by atoms with van der Waals surface area (Å²) in [4.78, 5) is 33.0. The Morgan fingerprint density at radius 2 is 2.16 bits per heavy atom. The van der Waals surface area contributed by atoms with Crippen molar-refractivity contribution >= 4 is 17.9 Å². The summed E-state index contributed by atoms with van der Waals surface area (Å²) in [6, 6.07) is 4.45. The van der Waals surface area contributed by atoms with Gasteiger partial charge in [-0.2, -0.15) is 0 Å². The molecule has 2 rings (SSSR count). The van der Waals surface area contributed by atoms with Crippen LogP contribution in [0.1, 0.15) is 62.2 Å². The number of benzene rings is 1. The van der Waals surface area contributed by atoms with Gasteiger partial charge in [0.2, 0.25) is 5.91 Å². The zero-order chi connectivity index (χ0) is 18.2. The Balaban J connectivity index is 1.76. The van der Waals surface area contributed by atoms with Crippen LogP contribution in [0.5, 0.6) is 5.75 Å². The number of hydrogen-bond donors (Lipinski definition) is 1. The van der Waals surface area contributed by atoms with Gasteiger partial charge >= 0.3 is 0 Å². The number of amides is 1. The topological polar surface area (TPSA) is 98.5 Å². The first-order valence-electron chi connectivity index (χ1n) is 8.69. The van der Waals surface area contributed by atoms with Crippen LogP contribution in [0, 0.1) is 10.1 Å². The number of carbonyl (C=O) groups excluding carboxylic acids is 2. The SMILES string of the molecule is CC(CCCC(=O)NC1CCCC1)Oc1ccc([N+](=O)[O-])c(C=O)c1. The number of nitrogens with zero attached hydrogens (tertiary/aromatic N) is 1. The average Bonchev–Trinajstić information content (AvgIpc) is 3.07. The highest BCUT2D eigenvalue weighted by molar-refractivity contribution is 5.82. The predicted octanol–water partition coefficient (Wildman–Crippen LogP) is 3.40. The summed E-state index contributed by atoms with van der Waals surface area (Å²) < 4.78 is 5.69. The molecule has 1 N–H and O–H groups in total. The van der Waals surface area contributed by atoms with Crippen molar-refractivity contribution in [2.45, 2.75) is 64.0 Å². The summed E-state index contributed by atoms with van der Waals surface area (Å²) in [5.74, 6) is 0.494. The molecule has 0 radical (unpaired) electrons. The number of nitro groups is 1. The largest absolute Gasteiger partial charge is 0.491 e. The van der Waals surface area contributed by atoms with E-state index in [0.717, 1.165) is 12.8 Å². The van der Waals surface area contributed by atoms with Gasteiger partial charge in [0.25, 0.3) is 5.69 Å². The molecule has 1 saturated carbocycles. The Labute approximate surface area is 146 Å². The number of carbonyl (C=O) groups is 2. The Hall–Kier alpha value is -2.44. The van der Waals surface area contributed by atoms with E-state index in [9.17, 15) is 19.7 Å². The lowest BCUT2D eigenvalue weighted by Gasteiger charge is -2.15. The van der Waals surface area contributed by atoms with Crippen LogP contribution in [0.4, 0.5) is 5.69 Å². The summed E-state index contributed by atoms with van der Waals surface area (Å²) in [5.41, 5.74) is -0.246. The van der Waals surface area contributed by atoms with Gasteiger partial charge < -0.3 is 10.1 Å².